The molecule has 0 unspecified atom stereocenters. The number of rotatable bonds is 11. The summed E-state index contributed by atoms with van der Waals surface area (Å²) in [6.45, 7) is 3.91. The van der Waals surface area contributed by atoms with E-state index in [1.54, 1.807) is 13.4 Å². The van der Waals surface area contributed by atoms with E-state index in [4.69, 9.17) is 9.26 Å². The van der Waals surface area contributed by atoms with E-state index in [0.717, 1.165) is 23.5 Å². The van der Waals surface area contributed by atoms with Crippen LogP contribution in [0.5, 0.6) is 5.75 Å². The van der Waals surface area contributed by atoms with Gasteiger partial charge in [-0.25, -0.2) is 4.98 Å². The number of carbonyl (C=O) groups excluding carboxylic acids is 1. The number of aromatic amines is 1. The third-order valence-corrected chi connectivity index (χ3v) is 5.04. The Morgan fingerprint density at radius 2 is 2.03 bits per heavy atom. The largest absolute Gasteiger partial charge is 0.496 e. The maximum atomic E-state index is 12.9. The molecular weight excluding hydrogens is 396 g/mol. The number of likely N-dealkylation sites (N-methyl/N-ethyl adjacent to an activating group) is 1. The van der Waals surface area contributed by atoms with Crippen molar-refractivity contribution in [2.45, 2.75) is 32.7 Å². The highest BCUT2D eigenvalue weighted by Gasteiger charge is 2.18. The molecule has 3 rings (SSSR count). The minimum absolute atomic E-state index is 0.0914. The van der Waals surface area contributed by atoms with Crippen LogP contribution >= 0.6 is 0 Å². The first kappa shape index (κ1) is 22.5. The topological polar surface area (TPSA) is 100 Å². The van der Waals surface area contributed by atoms with Crippen molar-refractivity contribution in [3.05, 3.63) is 47.9 Å². The first-order valence-corrected chi connectivity index (χ1v) is 10.3. The summed E-state index contributed by atoms with van der Waals surface area (Å²) in [6, 6.07) is 7.53. The van der Waals surface area contributed by atoms with Crippen LogP contribution in [0, 0.1) is 6.92 Å². The third kappa shape index (κ3) is 6.14. The molecule has 2 aromatic heterocycles. The van der Waals surface area contributed by atoms with E-state index in [2.05, 4.69) is 25.0 Å². The number of hydrogen-bond acceptors (Lipinski definition) is 7. The van der Waals surface area contributed by atoms with Crippen LogP contribution in [0.3, 0.4) is 0 Å². The maximum Gasteiger partial charge on any atom is 0.226 e. The molecule has 0 saturated carbocycles. The van der Waals surface area contributed by atoms with Crippen LogP contribution in [0.25, 0.3) is 11.4 Å². The van der Waals surface area contributed by atoms with Crippen molar-refractivity contribution in [2.75, 3.05) is 34.3 Å². The van der Waals surface area contributed by atoms with Gasteiger partial charge in [0, 0.05) is 31.6 Å². The van der Waals surface area contributed by atoms with Crippen molar-refractivity contribution < 1.29 is 14.1 Å². The maximum absolute atomic E-state index is 12.9. The number of nitrogens with zero attached hydrogens (tertiary/aromatic N) is 5. The second-order valence-corrected chi connectivity index (χ2v) is 7.66. The molecule has 9 nitrogen and oxygen atoms in total. The molecule has 2 heterocycles. The number of aryl methyl sites for hydroxylation is 2. The summed E-state index contributed by atoms with van der Waals surface area (Å²) in [5, 5.41) is 4.06. The Kier molecular flexibility index (Phi) is 7.77. The number of para-hydroxylation sites is 1. The first-order chi connectivity index (χ1) is 15.0. The molecule has 0 aliphatic heterocycles. The van der Waals surface area contributed by atoms with Crippen LogP contribution in [0.4, 0.5) is 0 Å². The van der Waals surface area contributed by atoms with Crippen molar-refractivity contribution in [1.82, 2.24) is 29.9 Å². The summed E-state index contributed by atoms with van der Waals surface area (Å²) >= 11 is 0. The molecule has 9 heteroatoms. The number of aromatic nitrogens is 4. The van der Waals surface area contributed by atoms with Gasteiger partial charge in [0.1, 0.15) is 5.75 Å². The lowest BCUT2D eigenvalue weighted by Crippen LogP contribution is -2.36. The Balaban J connectivity index is 1.57. The van der Waals surface area contributed by atoms with Crippen molar-refractivity contribution in [3.63, 3.8) is 0 Å². The van der Waals surface area contributed by atoms with Gasteiger partial charge in [-0.3, -0.25) is 4.79 Å². The number of amides is 1. The van der Waals surface area contributed by atoms with E-state index in [1.807, 2.05) is 50.2 Å². The zero-order chi connectivity index (χ0) is 22.2. The zero-order valence-corrected chi connectivity index (χ0v) is 18.6. The quantitative estimate of drug-likeness (QED) is 0.503. The lowest BCUT2D eigenvalue weighted by molar-refractivity contribution is -0.132. The number of ether oxygens (including phenoxy) is 1. The minimum atomic E-state index is 0.0914. The van der Waals surface area contributed by atoms with E-state index in [-0.39, 0.29) is 5.91 Å². The number of benzene rings is 1. The van der Waals surface area contributed by atoms with Crippen LogP contribution < -0.4 is 4.74 Å². The van der Waals surface area contributed by atoms with Crippen LogP contribution in [0.15, 0.2) is 35.1 Å². The van der Waals surface area contributed by atoms with Crippen molar-refractivity contribution >= 4 is 5.91 Å². The third-order valence-electron chi connectivity index (χ3n) is 5.04. The Bertz CT molecular complexity index is 981. The average molecular weight is 427 g/mol. The Hall–Kier alpha value is -3.20. The molecule has 31 heavy (non-hydrogen) atoms. The van der Waals surface area contributed by atoms with Gasteiger partial charge in [0.05, 0.1) is 31.2 Å². The van der Waals surface area contributed by atoms with Gasteiger partial charge in [-0.2, -0.15) is 4.98 Å². The van der Waals surface area contributed by atoms with Gasteiger partial charge in [0.25, 0.3) is 0 Å². The highest BCUT2D eigenvalue weighted by Crippen LogP contribution is 2.27. The number of carbonyl (C=O) groups is 1. The molecule has 0 atom stereocenters. The van der Waals surface area contributed by atoms with Gasteiger partial charge in [0.15, 0.2) is 0 Å². The normalized spacial score (nSPS) is 11.1. The lowest BCUT2D eigenvalue weighted by atomic mass is 10.2. The first-order valence-electron chi connectivity index (χ1n) is 10.3. The zero-order valence-electron chi connectivity index (χ0n) is 18.6. The van der Waals surface area contributed by atoms with E-state index in [0.29, 0.717) is 49.8 Å². The monoisotopic (exact) mass is 426 g/mol. The van der Waals surface area contributed by atoms with Crippen molar-refractivity contribution in [2.24, 2.45) is 0 Å². The number of hydrogen-bond donors (Lipinski definition) is 1. The van der Waals surface area contributed by atoms with Crippen LogP contribution in [-0.4, -0.2) is 70.1 Å². The van der Waals surface area contributed by atoms with Crippen molar-refractivity contribution in [3.8, 4) is 17.1 Å². The summed E-state index contributed by atoms with van der Waals surface area (Å²) < 4.78 is 10.7. The van der Waals surface area contributed by atoms with Crippen molar-refractivity contribution in [1.29, 1.82) is 0 Å². The van der Waals surface area contributed by atoms with Gasteiger partial charge in [-0.15, -0.1) is 0 Å². The van der Waals surface area contributed by atoms with Crippen LogP contribution in [0.1, 0.15) is 30.1 Å². The second-order valence-electron chi connectivity index (χ2n) is 7.66. The smallest absolute Gasteiger partial charge is 0.226 e. The van der Waals surface area contributed by atoms with Gasteiger partial charge in [-0.05, 0) is 39.6 Å². The molecule has 0 bridgehead atoms. The minimum Gasteiger partial charge on any atom is -0.496 e. The summed E-state index contributed by atoms with van der Waals surface area (Å²) in [7, 11) is 5.60. The molecule has 0 aliphatic carbocycles. The molecule has 1 N–H and O–H groups in total. The Labute approximate surface area is 182 Å². The van der Waals surface area contributed by atoms with Crippen LogP contribution in [-0.2, 0) is 17.8 Å². The van der Waals surface area contributed by atoms with Gasteiger partial charge >= 0.3 is 0 Å². The van der Waals surface area contributed by atoms with E-state index in [9.17, 15) is 4.79 Å². The number of H-pyrrole nitrogens is 1. The standard InChI is InChI=1S/C22H30N6O3/c1-16-18(24-15-23-16)14-28(13-12-27(2)3)21(29)11-7-10-20-25-22(26-31-20)17-8-5-6-9-19(17)30-4/h5-6,8-9,15H,7,10-14H2,1-4H3,(H,23,24). The molecule has 0 spiro atoms. The fraction of sp³-hybridized carbons (Fsp3) is 0.455. The fourth-order valence-electron chi connectivity index (χ4n) is 3.18. The molecule has 1 aromatic carbocycles. The summed E-state index contributed by atoms with van der Waals surface area (Å²) in [5.74, 6) is 1.78. The number of methoxy groups -OCH3 is 1. The van der Waals surface area contributed by atoms with E-state index >= 15 is 0 Å². The summed E-state index contributed by atoms with van der Waals surface area (Å²) in [4.78, 5) is 28.7. The highest BCUT2D eigenvalue weighted by atomic mass is 16.5. The Morgan fingerprint density at radius 3 is 2.74 bits per heavy atom. The predicted molar refractivity (Wildman–Crippen MR) is 117 cm³/mol. The molecule has 166 valence electrons. The average Bonchev–Trinajstić information content (AvgIpc) is 3.39. The van der Waals surface area contributed by atoms with E-state index < -0.39 is 0 Å². The van der Waals surface area contributed by atoms with Gasteiger partial charge < -0.3 is 24.0 Å². The molecule has 0 radical (unpaired) electrons. The fourth-order valence-corrected chi connectivity index (χ4v) is 3.18. The molecule has 1 amide bonds. The summed E-state index contributed by atoms with van der Waals surface area (Å²) in [6.07, 6.45) is 3.23. The van der Waals surface area contributed by atoms with Gasteiger partial charge in [0.2, 0.25) is 17.6 Å². The predicted octanol–water partition coefficient (Wildman–Crippen LogP) is 2.69. The molecule has 0 saturated heterocycles. The lowest BCUT2D eigenvalue weighted by Gasteiger charge is -2.24. The second kappa shape index (κ2) is 10.7. The van der Waals surface area contributed by atoms with E-state index in [1.165, 1.54) is 0 Å². The molecule has 3 aromatic rings. The highest BCUT2D eigenvalue weighted by molar-refractivity contribution is 5.76. The van der Waals surface area contributed by atoms with Crippen LogP contribution in [0.2, 0.25) is 0 Å². The SMILES string of the molecule is COc1ccccc1-c1noc(CCCC(=O)N(CCN(C)C)Cc2nc[nH]c2C)n1. The number of imidazole rings is 1. The van der Waals surface area contributed by atoms with Gasteiger partial charge in [-0.1, -0.05) is 17.3 Å². The molecular formula is C22H30N6O3. The molecule has 0 aliphatic rings. The molecule has 0 fully saturated rings. The summed E-state index contributed by atoms with van der Waals surface area (Å²) in [5.41, 5.74) is 2.66. The Morgan fingerprint density at radius 1 is 1.23 bits per heavy atom. The number of nitrogens with one attached hydrogen (secondary N) is 1.